The zero-order valence-electron chi connectivity index (χ0n) is 15.4. The van der Waals surface area contributed by atoms with Crippen LogP contribution in [0.25, 0.3) is 0 Å². The number of fused-ring (bicyclic) bond motifs is 1. The number of nitrogens with zero attached hydrogens (tertiary/aromatic N) is 4. The first kappa shape index (κ1) is 17.0. The van der Waals surface area contributed by atoms with Gasteiger partial charge in [0.2, 0.25) is 11.9 Å². The van der Waals surface area contributed by atoms with Crippen LogP contribution in [0.4, 0.5) is 11.6 Å². The lowest BCUT2D eigenvalue weighted by Crippen LogP contribution is -2.37. The normalized spacial score (nSPS) is 17.4. The summed E-state index contributed by atoms with van der Waals surface area (Å²) in [5.74, 6) is 1.55. The van der Waals surface area contributed by atoms with Crippen LogP contribution in [0.2, 0.25) is 0 Å². The summed E-state index contributed by atoms with van der Waals surface area (Å²) in [6, 6.07) is 8.27. The van der Waals surface area contributed by atoms with Crippen LogP contribution in [-0.4, -0.2) is 35.5 Å². The predicted octanol–water partition coefficient (Wildman–Crippen LogP) is 3.23. The molecule has 4 rings (SSSR count). The number of aromatic nitrogens is 2. The van der Waals surface area contributed by atoms with Crippen LogP contribution in [0.5, 0.6) is 0 Å². The molecule has 1 aromatic heterocycles. The highest BCUT2D eigenvalue weighted by atomic mass is 16.2. The molecule has 1 fully saturated rings. The fourth-order valence-corrected chi connectivity index (χ4v) is 3.99. The zero-order chi connectivity index (χ0) is 17.9. The monoisotopic (exact) mass is 350 g/mol. The number of hydrogen-bond acceptors (Lipinski definition) is 4. The number of carbonyl (C=O) groups is 1. The van der Waals surface area contributed by atoms with Gasteiger partial charge in [-0.15, -0.1) is 0 Å². The van der Waals surface area contributed by atoms with Crippen molar-refractivity contribution in [3.8, 4) is 0 Å². The Bertz CT molecular complexity index is 766. The van der Waals surface area contributed by atoms with E-state index in [0.29, 0.717) is 12.3 Å². The molecule has 1 amide bonds. The summed E-state index contributed by atoms with van der Waals surface area (Å²) in [7, 11) is 0. The van der Waals surface area contributed by atoms with Gasteiger partial charge in [0, 0.05) is 44.1 Å². The number of rotatable bonds is 4. The lowest BCUT2D eigenvalue weighted by atomic mass is 9.93. The molecule has 5 nitrogen and oxygen atoms in total. The molecule has 2 aromatic rings. The van der Waals surface area contributed by atoms with Crippen molar-refractivity contribution in [2.75, 3.05) is 29.4 Å². The van der Waals surface area contributed by atoms with Crippen LogP contribution in [0.3, 0.4) is 0 Å². The van der Waals surface area contributed by atoms with E-state index in [1.807, 2.05) is 23.4 Å². The highest BCUT2D eigenvalue weighted by Gasteiger charge is 2.28. The van der Waals surface area contributed by atoms with E-state index >= 15 is 0 Å². The number of anilines is 2. The molecule has 0 atom stereocenters. The molecule has 0 N–H and O–H groups in total. The van der Waals surface area contributed by atoms with Crippen molar-refractivity contribution in [1.82, 2.24) is 9.97 Å². The van der Waals surface area contributed by atoms with Gasteiger partial charge >= 0.3 is 0 Å². The molecule has 0 saturated carbocycles. The third-order valence-electron chi connectivity index (χ3n) is 5.65. The van der Waals surface area contributed by atoms with Gasteiger partial charge in [-0.3, -0.25) is 4.79 Å². The first-order chi connectivity index (χ1) is 12.7. The molecule has 2 aliphatic rings. The lowest BCUT2D eigenvalue weighted by molar-refractivity contribution is -0.119. The predicted molar refractivity (Wildman–Crippen MR) is 103 cm³/mol. The second kappa shape index (κ2) is 7.44. The molecule has 0 aliphatic carbocycles. The average molecular weight is 350 g/mol. The van der Waals surface area contributed by atoms with Crippen molar-refractivity contribution in [2.45, 2.75) is 39.0 Å². The third kappa shape index (κ3) is 3.43. The number of carbonyl (C=O) groups excluding carboxylic acids is 1. The number of piperidine rings is 1. The third-order valence-corrected chi connectivity index (χ3v) is 5.65. The van der Waals surface area contributed by atoms with Crippen LogP contribution in [0, 0.1) is 5.92 Å². The minimum Gasteiger partial charge on any atom is -0.341 e. The maximum Gasteiger partial charge on any atom is 0.227 e. The fraction of sp³-hybridized carbons (Fsp3) is 0.476. The van der Waals surface area contributed by atoms with E-state index < -0.39 is 0 Å². The molecule has 1 aromatic carbocycles. The van der Waals surface area contributed by atoms with Gasteiger partial charge in [0.15, 0.2) is 0 Å². The van der Waals surface area contributed by atoms with Crippen LogP contribution in [-0.2, 0) is 17.6 Å². The molecule has 3 heterocycles. The first-order valence-electron chi connectivity index (χ1n) is 9.68. The highest BCUT2D eigenvalue weighted by Crippen LogP contribution is 2.30. The van der Waals surface area contributed by atoms with Gasteiger partial charge in [0.25, 0.3) is 0 Å². The number of aryl methyl sites for hydroxylation is 1. The van der Waals surface area contributed by atoms with Gasteiger partial charge in [0.05, 0.1) is 0 Å². The lowest BCUT2D eigenvalue weighted by Gasteiger charge is -2.32. The molecule has 0 spiro atoms. The SMILES string of the molecule is CCc1cnc(N2CCC(CC(=O)N3CCc4ccccc43)CC2)nc1. The summed E-state index contributed by atoms with van der Waals surface area (Å²) < 4.78 is 0. The summed E-state index contributed by atoms with van der Waals surface area (Å²) >= 11 is 0. The molecule has 136 valence electrons. The molecule has 1 saturated heterocycles. The van der Waals surface area contributed by atoms with Gasteiger partial charge in [0.1, 0.15) is 0 Å². The van der Waals surface area contributed by atoms with E-state index in [4.69, 9.17) is 0 Å². The molecule has 26 heavy (non-hydrogen) atoms. The van der Waals surface area contributed by atoms with E-state index in [2.05, 4.69) is 40.0 Å². The Morgan fingerprint density at radius 2 is 1.85 bits per heavy atom. The Morgan fingerprint density at radius 3 is 2.58 bits per heavy atom. The largest absolute Gasteiger partial charge is 0.341 e. The van der Waals surface area contributed by atoms with Crippen molar-refractivity contribution >= 4 is 17.5 Å². The summed E-state index contributed by atoms with van der Waals surface area (Å²) in [4.78, 5) is 26.0. The zero-order valence-corrected chi connectivity index (χ0v) is 15.4. The summed E-state index contributed by atoms with van der Waals surface area (Å²) in [5, 5.41) is 0. The Kier molecular flexibility index (Phi) is 4.87. The van der Waals surface area contributed by atoms with Crippen molar-refractivity contribution in [3.05, 3.63) is 47.8 Å². The molecule has 0 unspecified atom stereocenters. The van der Waals surface area contributed by atoms with Gasteiger partial charge in [-0.2, -0.15) is 0 Å². The molecule has 0 bridgehead atoms. The average Bonchev–Trinajstić information content (AvgIpc) is 3.13. The maximum atomic E-state index is 12.8. The Balaban J connectivity index is 1.32. The fourth-order valence-electron chi connectivity index (χ4n) is 3.99. The van der Waals surface area contributed by atoms with E-state index in [1.54, 1.807) is 0 Å². The Hall–Kier alpha value is -2.43. The van der Waals surface area contributed by atoms with E-state index in [0.717, 1.165) is 57.0 Å². The highest BCUT2D eigenvalue weighted by molar-refractivity contribution is 5.95. The maximum absolute atomic E-state index is 12.8. The van der Waals surface area contributed by atoms with Crippen LogP contribution < -0.4 is 9.80 Å². The number of hydrogen-bond donors (Lipinski definition) is 0. The summed E-state index contributed by atoms with van der Waals surface area (Å²) in [6.07, 6.45) is 8.49. The van der Waals surface area contributed by atoms with Gasteiger partial charge in [-0.1, -0.05) is 25.1 Å². The van der Waals surface area contributed by atoms with E-state index in [9.17, 15) is 4.79 Å². The number of amides is 1. The van der Waals surface area contributed by atoms with Gasteiger partial charge in [-0.05, 0) is 48.8 Å². The van der Waals surface area contributed by atoms with Crippen LogP contribution in [0.1, 0.15) is 37.3 Å². The summed E-state index contributed by atoms with van der Waals surface area (Å²) in [6.45, 7) is 4.80. The topological polar surface area (TPSA) is 49.3 Å². The van der Waals surface area contributed by atoms with E-state index in [1.165, 1.54) is 11.1 Å². The standard InChI is InChI=1S/C21H26N4O/c1-2-16-14-22-21(23-15-16)24-10-7-17(8-11-24)13-20(26)25-12-9-18-5-3-4-6-19(18)25/h3-6,14-15,17H,2,7-13H2,1H3. The minimum absolute atomic E-state index is 0.275. The molecule has 2 aliphatic heterocycles. The van der Waals surface area contributed by atoms with Gasteiger partial charge < -0.3 is 9.80 Å². The molecule has 5 heteroatoms. The van der Waals surface area contributed by atoms with E-state index in [-0.39, 0.29) is 5.91 Å². The Morgan fingerprint density at radius 1 is 1.12 bits per heavy atom. The molecular formula is C21H26N4O. The van der Waals surface area contributed by atoms with Crippen molar-refractivity contribution in [3.63, 3.8) is 0 Å². The Labute approximate surface area is 155 Å². The van der Waals surface area contributed by atoms with Crippen molar-refractivity contribution in [2.24, 2.45) is 5.92 Å². The van der Waals surface area contributed by atoms with Crippen LogP contribution in [0.15, 0.2) is 36.7 Å². The smallest absolute Gasteiger partial charge is 0.227 e. The number of para-hydroxylation sites is 1. The summed E-state index contributed by atoms with van der Waals surface area (Å²) in [5.41, 5.74) is 3.57. The second-order valence-corrected chi connectivity index (χ2v) is 7.30. The van der Waals surface area contributed by atoms with Crippen molar-refractivity contribution in [1.29, 1.82) is 0 Å². The molecular weight excluding hydrogens is 324 g/mol. The van der Waals surface area contributed by atoms with Crippen molar-refractivity contribution < 1.29 is 4.79 Å². The quantitative estimate of drug-likeness (QED) is 0.849. The molecule has 0 radical (unpaired) electrons. The number of benzene rings is 1. The minimum atomic E-state index is 0.275. The first-order valence-corrected chi connectivity index (χ1v) is 9.68. The van der Waals surface area contributed by atoms with Crippen LogP contribution >= 0.6 is 0 Å². The van der Waals surface area contributed by atoms with Gasteiger partial charge in [-0.25, -0.2) is 9.97 Å². The second-order valence-electron chi connectivity index (χ2n) is 7.30.